The molecule has 0 aromatic heterocycles. The van der Waals surface area contributed by atoms with Crippen molar-refractivity contribution in [3.05, 3.63) is 39.9 Å². The van der Waals surface area contributed by atoms with E-state index in [2.05, 4.69) is 10.2 Å². The number of nitro benzene ring substituents is 1. The Hall–Kier alpha value is -2.64. The normalized spacial score (nSPS) is 9.39. The molecule has 8 nitrogen and oxygen atoms in total. The fraction of sp³-hybridized carbons (Fsp3) is 0.200. The Morgan fingerprint density at radius 1 is 1.39 bits per heavy atom. The fourth-order valence-corrected chi connectivity index (χ4v) is 1.11. The number of amides is 2. The number of nitrogens with zero attached hydrogens (tertiary/aromatic N) is 1. The SMILES string of the molecule is CCOC(=O)NNC(=O)c1cccc([N+](=O)[O-])c1. The number of carbonyl (C=O) groups excluding carboxylic acids is 2. The third-order valence-corrected chi connectivity index (χ3v) is 1.87. The molecule has 0 aliphatic heterocycles. The highest BCUT2D eigenvalue weighted by Crippen LogP contribution is 2.12. The minimum atomic E-state index is -0.809. The van der Waals surface area contributed by atoms with Crippen molar-refractivity contribution < 1.29 is 19.2 Å². The molecule has 0 saturated heterocycles. The van der Waals surface area contributed by atoms with Crippen LogP contribution in [0.2, 0.25) is 0 Å². The second-order valence-corrected chi connectivity index (χ2v) is 3.11. The first-order valence-electron chi connectivity index (χ1n) is 5.02. The first kappa shape index (κ1) is 13.4. The van der Waals surface area contributed by atoms with Crippen LogP contribution in [0.5, 0.6) is 0 Å². The lowest BCUT2D eigenvalue weighted by Gasteiger charge is -2.06. The molecule has 0 bridgehead atoms. The Balaban J connectivity index is 2.64. The lowest BCUT2D eigenvalue weighted by Crippen LogP contribution is -2.41. The minimum absolute atomic E-state index is 0.0565. The number of nitro groups is 1. The predicted octanol–water partition coefficient (Wildman–Crippen LogP) is 0.986. The molecule has 0 spiro atoms. The number of carbonyl (C=O) groups is 2. The van der Waals surface area contributed by atoms with E-state index in [1.54, 1.807) is 6.92 Å². The van der Waals surface area contributed by atoms with Crippen molar-refractivity contribution in [1.82, 2.24) is 10.9 Å². The summed E-state index contributed by atoms with van der Waals surface area (Å²) in [5, 5.41) is 10.5. The van der Waals surface area contributed by atoms with E-state index in [-0.39, 0.29) is 17.9 Å². The fourth-order valence-electron chi connectivity index (χ4n) is 1.11. The molecule has 1 rings (SSSR count). The molecular weight excluding hydrogens is 242 g/mol. The van der Waals surface area contributed by atoms with Crippen molar-refractivity contribution in [3.63, 3.8) is 0 Å². The number of rotatable bonds is 3. The van der Waals surface area contributed by atoms with Gasteiger partial charge < -0.3 is 4.74 Å². The highest BCUT2D eigenvalue weighted by atomic mass is 16.6. The van der Waals surface area contributed by atoms with Gasteiger partial charge >= 0.3 is 6.09 Å². The zero-order chi connectivity index (χ0) is 13.5. The van der Waals surface area contributed by atoms with Crippen LogP contribution in [0.1, 0.15) is 17.3 Å². The average molecular weight is 253 g/mol. The van der Waals surface area contributed by atoms with Gasteiger partial charge in [-0.25, -0.2) is 10.2 Å². The van der Waals surface area contributed by atoms with E-state index in [0.717, 1.165) is 6.07 Å². The van der Waals surface area contributed by atoms with Crippen molar-refractivity contribution in [2.45, 2.75) is 6.92 Å². The van der Waals surface area contributed by atoms with E-state index >= 15 is 0 Å². The van der Waals surface area contributed by atoms with Gasteiger partial charge in [0.15, 0.2) is 0 Å². The number of non-ortho nitro benzene ring substituents is 1. The summed E-state index contributed by atoms with van der Waals surface area (Å²) < 4.78 is 4.52. The molecule has 0 unspecified atom stereocenters. The molecule has 0 saturated carbocycles. The van der Waals surface area contributed by atoms with Crippen LogP contribution >= 0.6 is 0 Å². The number of hydrogen-bond donors (Lipinski definition) is 2. The van der Waals surface area contributed by atoms with Crippen molar-refractivity contribution >= 4 is 17.7 Å². The first-order chi connectivity index (χ1) is 8.54. The van der Waals surface area contributed by atoms with Gasteiger partial charge in [-0.05, 0) is 13.0 Å². The lowest BCUT2D eigenvalue weighted by atomic mass is 10.2. The summed E-state index contributed by atoms with van der Waals surface area (Å²) >= 11 is 0. The van der Waals surface area contributed by atoms with Gasteiger partial charge in [0.1, 0.15) is 0 Å². The highest BCUT2D eigenvalue weighted by molar-refractivity contribution is 5.95. The smallest absolute Gasteiger partial charge is 0.426 e. The molecule has 0 radical (unpaired) electrons. The summed E-state index contributed by atoms with van der Waals surface area (Å²) in [6.45, 7) is 1.78. The molecule has 8 heteroatoms. The Morgan fingerprint density at radius 3 is 2.72 bits per heavy atom. The molecule has 0 atom stereocenters. The van der Waals surface area contributed by atoms with Gasteiger partial charge in [0.25, 0.3) is 11.6 Å². The maximum atomic E-state index is 11.5. The second kappa shape index (κ2) is 6.18. The Kier molecular flexibility index (Phi) is 4.61. The van der Waals surface area contributed by atoms with E-state index in [4.69, 9.17) is 0 Å². The van der Waals surface area contributed by atoms with Crippen molar-refractivity contribution in [3.8, 4) is 0 Å². The summed E-state index contributed by atoms with van der Waals surface area (Å²) in [7, 11) is 0. The van der Waals surface area contributed by atoms with Crippen LogP contribution in [0.15, 0.2) is 24.3 Å². The van der Waals surface area contributed by atoms with Gasteiger partial charge in [0.05, 0.1) is 11.5 Å². The Bertz CT molecular complexity index is 474. The van der Waals surface area contributed by atoms with E-state index in [1.165, 1.54) is 18.2 Å². The first-order valence-corrected chi connectivity index (χ1v) is 5.02. The molecule has 96 valence electrons. The molecule has 1 aromatic carbocycles. The van der Waals surface area contributed by atoms with Crippen molar-refractivity contribution in [2.75, 3.05) is 6.61 Å². The average Bonchev–Trinajstić information content (AvgIpc) is 2.36. The van der Waals surface area contributed by atoms with Crippen LogP contribution in [0, 0.1) is 10.1 Å². The molecule has 2 N–H and O–H groups in total. The number of ether oxygens (including phenoxy) is 1. The molecule has 0 aliphatic rings. The van der Waals surface area contributed by atoms with Crippen LogP contribution < -0.4 is 10.9 Å². The van der Waals surface area contributed by atoms with Gasteiger partial charge in [-0.3, -0.25) is 20.3 Å². The van der Waals surface area contributed by atoms with Crippen LogP contribution in [0.25, 0.3) is 0 Å². The number of hydrogen-bond acceptors (Lipinski definition) is 5. The summed E-state index contributed by atoms with van der Waals surface area (Å²) in [4.78, 5) is 32.3. The third kappa shape index (κ3) is 3.74. The molecule has 2 amide bonds. The minimum Gasteiger partial charge on any atom is -0.449 e. The highest BCUT2D eigenvalue weighted by Gasteiger charge is 2.12. The van der Waals surface area contributed by atoms with Gasteiger partial charge in [-0.15, -0.1) is 0 Å². The largest absolute Gasteiger partial charge is 0.449 e. The molecular formula is C10H11N3O5. The number of benzene rings is 1. The van der Waals surface area contributed by atoms with E-state index in [0.29, 0.717) is 0 Å². The lowest BCUT2D eigenvalue weighted by molar-refractivity contribution is -0.384. The standard InChI is InChI=1S/C10H11N3O5/c1-2-18-10(15)12-11-9(14)7-4-3-5-8(6-7)13(16)17/h3-6H,2H2,1H3,(H,11,14)(H,12,15). The summed E-state index contributed by atoms with van der Waals surface area (Å²) in [6.07, 6.45) is -0.809. The summed E-state index contributed by atoms with van der Waals surface area (Å²) in [6, 6.07) is 5.12. The van der Waals surface area contributed by atoms with E-state index in [1.807, 2.05) is 5.43 Å². The van der Waals surface area contributed by atoms with Gasteiger partial charge in [-0.1, -0.05) is 6.07 Å². The van der Waals surface area contributed by atoms with Gasteiger partial charge in [-0.2, -0.15) is 0 Å². The quantitative estimate of drug-likeness (QED) is 0.616. The third-order valence-electron chi connectivity index (χ3n) is 1.87. The monoisotopic (exact) mass is 253 g/mol. The second-order valence-electron chi connectivity index (χ2n) is 3.11. The zero-order valence-electron chi connectivity index (χ0n) is 9.50. The van der Waals surface area contributed by atoms with Crippen molar-refractivity contribution in [1.29, 1.82) is 0 Å². The van der Waals surface area contributed by atoms with E-state index < -0.39 is 16.9 Å². The zero-order valence-corrected chi connectivity index (χ0v) is 9.50. The number of hydrazine groups is 1. The van der Waals surface area contributed by atoms with Crippen LogP contribution in [-0.4, -0.2) is 23.5 Å². The Labute approximate surface area is 102 Å². The van der Waals surface area contributed by atoms with Crippen LogP contribution in [0.3, 0.4) is 0 Å². The Morgan fingerprint density at radius 2 is 2.11 bits per heavy atom. The molecule has 0 aliphatic carbocycles. The van der Waals surface area contributed by atoms with Gasteiger partial charge in [0, 0.05) is 17.7 Å². The maximum absolute atomic E-state index is 11.5. The maximum Gasteiger partial charge on any atom is 0.426 e. The summed E-state index contributed by atoms with van der Waals surface area (Å²) in [5.41, 5.74) is 3.91. The molecule has 0 fully saturated rings. The van der Waals surface area contributed by atoms with Gasteiger partial charge in [0.2, 0.25) is 0 Å². The number of nitrogens with one attached hydrogen (secondary N) is 2. The van der Waals surface area contributed by atoms with E-state index in [9.17, 15) is 19.7 Å². The summed E-state index contributed by atoms with van der Waals surface area (Å²) in [5.74, 6) is -0.674. The topological polar surface area (TPSA) is 111 Å². The van der Waals surface area contributed by atoms with Crippen LogP contribution in [0.4, 0.5) is 10.5 Å². The predicted molar refractivity (Wildman–Crippen MR) is 60.7 cm³/mol. The molecule has 18 heavy (non-hydrogen) atoms. The van der Waals surface area contributed by atoms with Crippen molar-refractivity contribution in [2.24, 2.45) is 0 Å². The molecule has 1 aromatic rings. The van der Waals surface area contributed by atoms with Crippen LogP contribution in [-0.2, 0) is 4.74 Å². The molecule has 0 heterocycles.